The number of phenolic OH excluding ortho intramolecular Hbond substituents is 1. The van der Waals surface area contributed by atoms with E-state index in [2.05, 4.69) is 13.8 Å². The molecule has 19 heavy (non-hydrogen) atoms. The van der Waals surface area contributed by atoms with Gasteiger partial charge in [-0.05, 0) is 24.6 Å². The molecule has 1 aliphatic heterocycles. The quantitative estimate of drug-likeness (QED) is 0.864. The van der Waals surface area contributed by atoms with Crippen molar-refractivity contribution in [3.63, 3.8) is 0 Å². The summed E-state index contributed by atoms with van der Waals surface area (Å²) in [4.78, 5) is 14.2. The lowest BCUT2D eigenvalue weighted by atomic mass is 10.1. The number of hydrogen-bond donors (Lipinski definition) is 1. The largest absolute Gasteiger partial charge is 0.507 e. The van der Waals surface area contributed by atoms with Gasteiger partial charge in [0, 0.05) is 28.6 Å². The van der Waals surface area contributed by atoms with Crippen molar-refractivity contribution in [1.82, 2.24) is 4.90 Å². The van der Waals surface area contributed by atoms with Gasteiger partial charge in [-0.1, -0.05) is 25.4 Å². The first-order chi connectivity index (χ1) is 8.89. The number of rotatable bonds is 1. The van der Waals surface area contributed by atoms with Crippen LogP contribution in [0.4, 0.5) is 0 Å². The maximum atomic E-state index is 12.4. The third-order valence-corrected chi connectivity index (χ3v) is 4.92. The van der Waals surface area contributed by atoms with Crippen LogP contribution in [-0.2, 0) is 0 Å². The number of thioether (sulfide) groups is 1. The molecule has 1 aromatic carbocycles. The fraction of sp³-hybridized carbons (Fsp3) is 0.500. The molecule has 1 amide bonds. The zero-order valence-corrected chi connectivity index (χ0v) is 12.7. The van der Waals surface area contributed by atoms with Crippen LogP contribution in [0.15, 0.2) is 18.2 Å². The van der Waals surface area contributed by atoms with E-state index < -0.39 is 0 Å². The van der Waals surface area contributed by atoms with Gasteiger partial charge in [-0.2, -0.15) is 11.8 Å². The normalized spacial score (nSPS) is 19.0. The zero-order chi connectivity index (χ0) is 14.0. The Balaban J connectivity index is 2.17. The lowest BCUT2D eigenvalue weighted by Crippen LogP contribution is -2.33. The standard InChI is InChI=1S/C14H18ClNO2S/c1-14(2)5-6-16(7-8-19-14)13(18)11-9-10(15)3-4-12(11)17/h3-4,9,17H,5-8H2,1-2H3. The summed E-state index contributed by atoms with van der Waals surface area (Å²) in [6, 6.07) is 4.57. The molecule has 1 fully saturated rings. The highest BCUT2D eigenvalue weighted by atomic mass is 35.5. The average molecular weight is 300 g/mol. The van der Waals surface area contributed by atoms with Crippen LogP contribution >= 0.6 is 23.4 Å². The van der Waals surface area contributed by atoms with Gasteiger partial charge < -0.3 is 10.0 Å². The van der Waals surface area contributed by atoms with Gasteiger partial charge in [-0.25, -0.2) is 0 Å². The van der Waals surface area contributed by atoms with E-state index in [1.54, 1.807) is 11.0 Å². The van der Waals surface area contributed by atoms with Gasteiger partial charge in [0.2, 0.25) is 0 Å². The number of phenols is 1. The first kappa shape index (κ1) is 14.5. The summed E-state index contributed by atoms with van der Waals surface area (Å²) >= 11 is 7.77. The Morgan fingerprint density at radius 3 is 2.89 bits per heavy atom. The predicted octanol–water partition coefficient (Wildman–Crippen LogP) is 3.40. The van der Waals surface area contributed by atoms with E-state index in [1.807, 2.05) is 11.8 Å². The summed E-state index contributed by atoms with van der Waals surface area (Å²) in [7, 11) is 0. The van der Waals surface area contributed by atoms with Crippen LogP contribution in [0.3, 0.4) is 0 Å². The van der Waals surface area contributed by atoms with E-state index in [1.165, 1.54) is 12.1 Å². The van der Waals surface area contributed by atoms with E-state index in [0.717, 1.165) is 12.2 Å². The van der Waals surface area contributed by atoms with Gasteiger partial charge in [-0.15, -0.1) is 0 Å². The highest BCUT2D eigenvalue weighted by Crippen LogP contribution is 2.32. The summed E-state index contributed by atoms with van der Waals surface area (Å²) in [6.45, 7) is 5.81. The molecule has 1 N–H and O–H groups in total. The van der Waals surface area contributed by atoms with Crippen molar-refractivity contribution < 1.29 is 9.90 Å². The molecule has 0 atom stereocenters. The summed E-state index contributed by atoms with van der Waals surface area (Å²) < 4.78 is 0.200. The highest BCUT2D eigenvalue weighted by Gasteiger charge is 2.27. The molecule has 3 nitrogen and oxygen atoms in total. The molecule has 0 spiro atoms. The molecule has 5 heteroatoms. The van der Waals surface area contributed by atoms with Crippen LogP contribution in [0.5, 0.6) is 5.75 Å². The molecule has 0 unspecified atom stereocenters. The minimum Gasteiger partial charge on any atom is -0.507 e. The van der Waals surface area contributed by atoms with E-state index in [4.69, 9.17) is 11.6 Å². The first-order valence-electron chi connectivity index (χ1n) is 6.31. The number of halogens is 1. The number of nitrogens with zero attached hydrogens (tertiary/aromatic N) is 1. The van der Waals surface area contributed by atoms with Crippen molar-refractivity contribution in [2.24, 2.45) is 0 Å². The molecule has 1 saturated heterocycles. The Morgan fingerprint density at radius 2 is 2.16 bits per heavy atom. The van der Waals surface area contributed by atoms with Crippen molar-refractivity contribution >= 4 is 29.3 Å². The Morgan fingerprint density at radius 1 is 1.42 bits per heavy atom. The molecule has 0 bridgehead atoms. The van der Waals surface area contributed by atoms with Gasteiger partial charge in [0.1, 0.15) is 5.75 Å². The summed E-state index contributed by atoms with van der Waals surface area (Å²) in [5.74, 6) is 0.768. The van der Waals surface area contributed by atoms with Crippen LogP contribution in [0.25, 0.3) is 0 Å². The topological polar surface area (TPSA) is 40.5 Å². The molecule has 2 rings (SSSR count). The zero-order valence-electron chi connectivity index (χ0n) is 11.1. The number of carbonyl (C=O) groups excluding carboxylic acids is 1. The molecule has 0 aromatic heterocycles. The number of benzene rings is 1. The number of hydrogen-bond acceptors (Lipinski definition) is 3. The molecule has 1 aliphatic rings. The SMILES string of the molecule is CC1(C)CCN(C(=O)c2cc(Cl)ccc2O)CCS1. The van der Waals surface area contributed by atoms with Crippen molar-refractivity contribution in [3.05, 3.63) is 28.8 Å². The Kier molecular flexibility index (Phi) is 4.31. The molecule has 0 radical (unpaired) electrons. The molecular weight excluding hydrogens is 282 g/mol. The van der Waals surface area contributed by atoms with E-state index in [9.17, 15) is 9.90 Å². The maximum absolute atomic E-state index is 12.4. The van der Waals surface area contributed by atoms with Gasteiger partial charge in [-0.3, -0.25) is 4.79 Å². The van der Waals surface area contributed by atoms with Crippen molar-refractivity contribution in [3.8, 4) is 5.75 Å². The minimum atomic E-state index is -0.140. The van der Waals surface area contributed by atoms with E-state index in [0.29, 0.717) is 18.1 Å². The third-order valence-electron chi connectivity index (χ3n) is 3.31. The minimum absolute atomic E-state index is 0.00874. The van der Waals surface area contributed by atoms with Crippen molar-refractivity contribution in [1.29, 1.82) is 0 Å². The fourth-order valence-electron chi connectivity index (χ4n) is 2.07. The first-order valence-corrected chi connectivity index (χ1v) is 7.67. The van der Waals surface area contributed by atoms with Crippen LogP contribution < -0.4 is 0 Å². The van der Waals surface area contributed by atoms with Crippen LogP contribution in [-0.4, -0.2) is 39.5 Å². The summed E-state index contributed by atoms with van der Waals surface area (Å²) in [6.07, 6.45) is 0.949. The Bertz CT molecular complexity index is 490. The molecule has 1 heterocycles. The Labute approximate surface area is 122 Å². The fourth-order valence-corrected chi connectivity index (χ4v) is 3.35. The second-order valence-corrected chi connectivity index (χ2v) is 7.55. The van der Waals surface area contributed by atoms with Crippen molar-refractivity contribution in [2.75, 3.05) is 18.8 Å². The van der Waals surface area contributed by atoms with Crippen LogP contribution in [0, 0.1) is 0 Å². The second kappa shape index (κ2) is 5.63. The summed E-state index contributed by atoms with van der Waals surface area (Å²) in [5.41, 5.74) is 0.289. The van der Waals surface area contributed by atoms with Crippen molar-refractivity contribution in [2.45, 2.75) is 25.0 Å². The van der Waals surface area contributed by atoms with Gasteiger partial charge >= 0.3 is 0 Å². The van der Waals surface area contributed by atoms with E-state index in [-0.39, 0.29) is 22.0 Å². The van der Waals surface area contributed by atoms with E-state index >= 15 is 0 Å². The lowest BCUT2D eigenvalue weighted by Gasteiger charge is -2.23. The van der Waals surface area contributed by atoms with Gasteiger partial charge in [0.25, 0.3) is 5.91 Å². The van der Waals surface area contributed by atoms with Crippen LogP contribution in [0.2, 0.25) is 5.02 Å². The monoisotopic (exact) mass is 299 g/mol. The van der Waals surface area contributed by atoms with Crippen LogP contribution in [0.1, 0.15) is 30.6 Å². The molecule has 0 saturated carbocycles. The average Bonchev–Trinajstić information content (AvgIpc) is 2.52. The molecular formula is C14H18ClNO2S. The summed E-state index contributed by atoms with van der Waals surface area (Å²) in [5, 5.41) is 10.3. The smallest absolute Gasteiger partial charge is 0.257 e. The highest BCUT2D eigenvalue weighted by molar-refractivity contribution is 8.00. The lowest BCUT2D eigenvalue weighted by molar-refractivity contribution is 0.0761. The number of carbonyl (C=O) groups is 1. The van der Waals surface area contributed by atoms with Gasteiger partial charge in [0.05, 0.1) is 5.56 Å². The number of amides is 1. The van der Waals surface area contributed by atoms with Gasteiger partial charge in [0.15, 0.2) is 0 Å². The number of aromatic hydroxyl groups is 1. The molecule has 0 aliphatic carbocycles. The Hall–Kier alpha value is -0.870. The predicted molar refractivity (Wildman–Crippen MR) is 80.2 cm³/mol. The second-order valence-electron chi connectivity index (χ2n) is 5.31. The third kappa shape index (κ3) is 3.57. The maximum Gasteiger partial charge on any atom is 0.257 e. The molecule has 104 valence electrons. The molecule has 1 aromatic rings.